The Morgan fingerprint density at radius 2 is 1.74 bits per heavy atom. The lowest BCUT2D eigenvalue weighted by atomic mass is 10.0. The van der Waals surface area contributed by atoms with Crippen LogP contribution in [0.4, 0.5) is 0 Å². The van der Waals surface area contributed by atoms with Crippen LogP contribution < -0.4 is 9.47 Å². The number of ether oxygens (including phenoxy) is 2. The number of aromatic hydroxyl groups is 1. The van der Waals surface area contributed by atoms with Crippen LogP contribution in [-0.2, 0) is 0 Å². The molecular weight excluding hydrogens is 340 g/mol. The molecule has 1 saturated heterocycles. The molecule has 4 rings (SSSR count). The van der Waals surface area contributed by atoms with E-state index in [-0.39, 0.29) is 5.75 Å². The summed E-state index contributed by atoms with van der Waals surface area (Å²) in [5, 5.41) is 9.40. The molecule has 5 nitrogen and oxygen atoms in total. The van der Waals surface area contributed by atoms with Gasteiger partial charge in [-0.15, -0.1) is 0 Å². The van der Waals surface area contributed by atoms with Gasteiger partial charge in [0.05, 0.1) is 19.4 Å². The molecule has 0 amide bonds. The number of hydrogen-bond donors (Lipinski definition) is 1. The van der Waals surface area contributed by atoms with Crippen molar-refractivity contribution in [3.05, 3.63) is 48.3 Å². The van der Waals surface area contributed by atoms with E-state index in [4.69, 9.17) is 9.47 Å². The zero-order valence-electron chi connectivity index (χ0n) is 16.0. The van der Waals surface area contributed by atoms with Crippen LogP contribution in [0.1, 0.15) is 31.4 Å². The van der Waals surface area contributed by atoms with E-state index in [2.05, 4.69) is 16.8 Å². The summed E-state index contributed by atoms with van der Waals surface area (Å²) in [6, 6.07) is 11.5. The van der Waals surface area contributed by atoms with Gasteiger partial charge in [0, 0.05) is 31.2 Å². The normalized spacial score (nSPS) is 25.9. The maximum atomic E-state index is 9.40. The summed E-state index contributed by atoms with van der Waals surface area (Å²) in [4.78, 5) is 6.93. The third kappa shape index (κ3) is 4.19. The van der Waals surface area contributed by atoms with E-state index >= 15 is 0 Å². The van der Waals surface area contributed by atoms with Crippen LogP contribution in [-0.4, -0.2) is 47.8 Å². The molecule has 4 atom stereocenters. The van der Waals surface area contributed by atoms with Crippen molar-refractivity contribution in [1.29, 1.82) is 0 Å². The summed E-state index contributed by atoms with van der Waals surface area (Å²) in [7, 11) is 1.68. The minimum Gasteiger partial charge on any atom is -0.506 e. The van der Waals surface area contributed by atoms with Gasteiger partial charge in [-0.3, -0.25) is 4.98 Å². The molecule has 2 fully saturated rings. The first kappa shape index (κ1) is 18.1. The first-order valence-corrected chi connectivity index (χ1v) is 9.78. The Kier molecular flexibility index (Phi) is 5.21. The van der Waals surface area contributed by atoms with E-state index in [9.17, 15) is 5.11 Å². The Labute approximate surface area is 160 Å². The van der Waals surface area contributed by atoms with Crippen LogP contribution in [0.3, 0.4) is 0 Å². The lowest BCUT2D eigenvalue weighted by molar-refractivity contribution is 0.184. The number of methoxy groups -OCH3 is 1. The van der Waals surface area contributed by atoms with Crippen LogP contribution in [0, 0.1) is 11.8 Å². The van der Waals surface area contributed by atoms with Gasteiger partial charge in [0.25, 0.3) is 0 Å². The minimum atomic E-state index is 0.226. The van der Waals surface area contributed by atoms with E-state index in [0.29, 0.717) is 12.0 Å². The van der Waals surface area contributed by atoms with E-state index in [1.807, 2.05) is 30.3 Å². The monoisotopic (exact) mass is 368 g/mol. The lowest BCUT2D eigenvalue weighted by Gasteiger charge is -2.23. The van der Waals surface area contributed by atoms with Crippen molar-refractivity contribution in [2.45, 2.75) is 31.8 Å². The largest absolute Gasteiger partial charge is 0.506 e. The maximum Gasteiger partial charge on any atom is 0.133 e. The van der Waals surface area contributed by atoms with Crippen LogP contribution in [0.15, 0.2) is 42.6 Å². The predicted molar refractivity (Wildman–Crippen MR) is 104 cm³/mol. The Balaban J connectivity index is 1.27. The van der Waals surface area contributed by atoms with Crippen LogP contribution in [0.25, 0.3) is 0 Å². The highest BCUT2D eigenvalue weighted by molar-refractivity contribution is 5.31. The number of aromatic nitrogens is 1. The number of benzene rings is 1. The smallest absolute Gasteiger partial charge is 0.133 e. The summed E-state index contributed by atoms with van der Waals surface area (Å²) in [6.45, 7) is 5.53. The molecule has 2 heterocycles. The summed E-state index contributed by atoms with van der Waals surface area (Å²) >= 11 is 0. The molecule has 1 aliphatic carbocycles. The summed E-state index contributed by atoms with van der Waals surface area (Å²) in [5.74, 6) is 3.85. The molecule has 2 aromatic rings. The second kappa shape index (κ2) is 7.77. The summed E-state index contributed by atoms with van der Waals surface area (Å²) < 4.78 is 11.4. The minimum absolute atomic E-state index is 0.226. The molecule has 144 valence electrons. The number of hydrogen-bond acceptors (Lipinski definition) is 5. The molecule has 1 N–H and O–H groups in total. The topological polar surface area (TPSA) is 54.8 Å². The number of nitrogens with zero attached hydrogens (tertiary/aromatic N) is 2. The molecule has 3 unspecified atom stereocenters. The quantitative estimate of drug-likeness (QED) is 0.843. The first-order chi connectivity index (χ1) is 13.1. The fourth-order valence-corrected chi connectivity index (χ4v) is 4.60. The Morgan fingerprint density at radius 3 is 2.33 bits per heavy atom. The molecular formula is C22H28N2O3. The van der Waals surface area contributed by atoms with Gasteiger partial charge in [-0.25, -0.2) is 0 Å². The van der Waals surface area contributed by atoms with Crippen molar-refractivity contribution in [2.24, 2.45) is 11.8 Å². The van der Waals surface area contributed by atoms with E-state index in [1.54, 1.807) is 13.2 Å². The SMILES string of the molecule is COc1ccc(OC2CC3CN(CC(C)c4ccc(O)cn4)C[C@@H]3C2)cc1. The van der Waals surface area contributed by atoms with Gasteiger partial charge in [-0.2, -0.15) is 0 Å². The van der Waals surface area contributed by atoms with Crippen LogP contribution in [0.2, 0.25) is 0 Å². The second-order valence-electron chi connectivity index (χ2n) is 7.97. The lowest BCUT2D eigenvalue weighted by Crippen LogP contribution is -2.28. The third-order valence-corrected chi connectivity index (χ3v) is 5.95. The molecule has 27 heavy (non-hydrogen) atoms. The van der Waals surface area contributed by atoms with Crippen molar-refractivity contribution in [3.63, 3.8) is 0 Å². The van der Waals surface area contributed by atoms with Gasteiger partial charge < -0.3 is 19.5 Å². The van der Waals surface area contributed by atoms with Gasteiger partial charge >= 0.3 is 0 Å². The van der Waals surface area contributed by atoms with E-state index < -0.39 is 0 Å². The van der Waals surface area contributed by atoms with Gasteiger partial charge in [0.2, 0.25) is 0 Å². The highest BCUT2D eigenvalue weighted by Gasteiger charge is 2.42. The number of fused-ring (bicyclic) bond motifs is 1. The number of pyridine rings is 1. The molecule has 0 spiro atoms. The fourth-order valence-electron chi connectivity index (χ4n) is 4.60. The summed E-state index contributed by atoms with van der Waals surface area (Å²) in [5.41, 5.74) is 1.05. The molecule has 1 saturated carbocycles. The summed E-state index contributed by atoms with van der Waals surface area (Å²) in [6.07, 6.45) is 4.13. The first-order valence-electron chi connectivity index (χ1n) is 9.78. The van der Waals surface area contributed by atoms with E-state index in [1.165, 1.54) is 6.20 Å². The van der Waals surface area contributed by atoms with Gasteiger partial charge in [-0.05, 0) is 61.1 Å². The second-order valence-corrected chi connectivity index (χ2v) is 7.97. The van der Waals surface area contributed by atoms with Crippen molar-refractivity contribution in [1.82, 2.24) is 9.88 Å². The highest BCUT2D eigenvalue weighted by atomic mass is 16.5. The van der Waals surface area contributed by atoms with Crippen LogP contribution >= 0.6 is 0 Å². The highest BCUT2D eigenvalue weighted by Crippen LogP contribution is 2.40. The third-order valence-electron chi connectivity index (χ3n) is 5.95. The van der Waals surface area contributed by atoms with Gasteiger partial charge in [-0.1, -0.05) is 6.92 Å². The predicted octanol–water partition coefficient (Wildman–Crippen LogP) is 3.69. The molecule has 0 radical (unpaired) electrons. The number of likely N-dealkylation sites (tertiary alicyclic amines) is 1. The van der Waals surface area contributed by atoms with E-state index in [0.717, 1.165) is 61.5 Å². The van der Waals surface area contributed by atoms with Gasteiger partial charge in [0.1, 0.15) is 17.2 Å². The van der Waals surface area contributed by atoms with Crippen LogP contribution in [0.5, 0.6) is 17.2 Å². The molecule has 0 bridgehead atoms. The average molecular weight is 368 g/mol. The number of rotatable bonds is 6. The Morgan fingerprint density at radius 1 is 1.07 bits per heavy atom. The molecule has 1 aromatic heterocycles. The van der Waals surface area contributed by atoms with Crippen molar-refractivity contribution < 1.29 is 14.6 Å². The zero-order valence-corrected chi connectivity index (χ0v) is 16.0. The Bertz CT molecular complexity index is 733. The molecule has 1 aliphatic heterocycles. The maximum absolute atomic E-state index is 9.40. The zero-order chi connectivity index (χ0) is 18.8. The van der Waals surface area contributed by atoms with Crippen molar-refractivity contribution in [2.75, 3.05) is 26.7 Å². The van der Waals surface area contributed by atoms with Crippen molar-refractivity contribution in [3.8, 4) is 17.2 Å². The standard InChI is InChI=1S/C22H28N2O3/c1-15(22-8-3-18(25)11-23-22)12-24-13-16-9-21(10-17(16)14-24)27-20-6-4-19(26-2)5-7-20/h3-8,11,15-17,21,25H,9-10,12-14H2,1-2H3/t15?,16-,17?,21?/m0/s1. The molecule has 2 aliphatic rings. The Hall–Kier alpha value is -2.27. The van der Waals surface area contributed by atoms with Gasteiger partial charge in [0.15, 0.2) is 0 Å². The molecule has 1 aromatic carbocycles. The fraction of sp³-hybridized carbons (Fsp3) is 0.500. The van der Waals surface area contributed by atoms with Crippen molar-refractivity contribution >= 4 is 0 Å². The average Bonchev–Trinajstić information content (AvgIpc) is 3.20. The molecule has 5 heteroatoms.